The van der Waals surface area contributed by atoms with Crippen molar-refractivity contribution in [2.75, 3.05) is 24.6 Å². The maximum Gasteiger partial charge on any atom is 0.220 e. The monoisotopic (exact) mass is 202 g/mol. The van der Waals surface area contributed by atoms with Gasteiger partial charge in [0, 0.05) is 19.5 Å². The number of hydrogen-bond donors (Lipinski definition) is 2. The first-order chi connectivity index (χ1) is 6.33. The Morgan fingerprint density at radius 2 is 2.15 bits per heavy atom. The van der Waals surface area contributed by atoms with Crippen molar-refractivity contribution in [3.05, 3.63) is 0 Å². The van der Waals surface area contributed by atoms with Gasteiger partial charge >= 0.3 is 0 Å². The quantitative estimate of drug-likeness (QED) is 0.701. The normalized spacial score (nSPS) is 18.5. The summed E-state index contributed by atoms with van der Waals surface area (Å²) in [5.41, 5.74) is 5.29. The van der Waals surface area contributed by atoms with Crippen molar-refractivity contribution in [1.29, 1.82) is 0 Å². The summed E-state index contributed by atoms with van der Waals surface area (Å²) >= 11 is 1.99. The first-order valence-corrected chi connectivity index (χ1v) is 6.03. The van der Waals surface area contributed by atoms with E-state index in [2.05, 4.69) is 5.32 Å². The maximum atomic E-state index is 11.3. The lowest BCUT2D eigenvalue weighted by molar-refractivity contribution is -0.122. The van der Waals surface area contributed by atoms with Gasteiger partial charge in [0.2, 0.25) is 5.91 Å². The number of hydrogen-bond acceptors (Lipinski definition) is 3. The number of amides is 1. The lowest BCUT2D eigenvalue weighted by Crippen LogP contribution is -2.31. The van der Waals surface area contributed by atoms with E-state index in [0.29, 0.717) is 25.4 Å². The Morgan fingerprint density at radius 3 is 2.77 bits per heavy atom. The second-order valence-electron chi connectivity index (χ2n) is 3.40. The van der Waals surface area contributed by atoms with Gasteiger partial charge in [-0.3, -0.25) is 4.79 Å². The summed E-state index contributed by atoms with van der Waals surface area (Å²) in [6, 6.07) is 0. The predicted molar refractivity (Wildman–Crippen MR) is 56.7 cm³/mol. The molecular weight excluding hydrogens is 184 g/mol. The van der Waals surface area contributed by atoms with Crippen LogP contribution in [0.3, 0.4) is 0 Å². The van der Waals surface area contributed by atoms with E-state index in [9.17, 15) is 4.79 Å². The highest BCUT2D eigenvalue weighted by atomic mass is 32.2. The van der Waals surface area contributed by atoms with Crippen LogP contribution < -0.4 is 11.1 Å². The van der Waals surface area contributed by atoms with Crippen LogP contribution in [0.15, 0.2) is 0 Å². The van der Waals surface area contributed by atoms with Crippen LogP contribution in [0.25, 0.3) is 0 Å². The Balaban J connectivity index is 2.11. The second-order valence-corrected chi connectivity index (χ2v) is 4.62. The smallest absolute Gasteiger partial charge is 0.220 e. The van der Waals surface area contributed by atoms with Gasteiger partial charge in [0.25, 0.3) is 0 Å². The van der Waals surface area contributed by atoms with Crippen LogP contribution in [-0.2, 0) is 4.79 Å². The molecule has 76 valence electrons. The van der Waals surface area contributed by atoms with Crippen molar-refractivity contribution in [2.24, 2.45) is 11.7 Å². The molecule has 0 atom stereocenters. The average Bonchev–Trinajstić information content (AvgIpc) is 2.16. The fraction of sp³-hybridized carbons (Fsp3) is 0.889. The summed E-state index contributed by atoms with van der Waals surface area (Å²) in [7, 11) is 0. The Hall–Kier alpha value is -0.220. The molecule has 0 saturated carbocycles. The molecule has 1 aliphatic heterocycles. The summed E-state index contributed by atoms with van der Waals surface area (Å²) in [5, 5.41) is 2.81. The number of carbonyl (C=O) groups is 1. The van der Waals surface area contributed by atoms with Crippen molar-refractivity contribution < 1.29 is 4.79 Å². The summed E-state index contributed by atoms with van der Waals surface area (Å²) in [4.78, 5) is 11.3. The van der Waals surface area contributed by atoms with Crippen LogP contribution in [0, 0.1) is 5.92 Å². The van der Waals surface area contributed by atoms with Crippen LogP contribution >= 0.6 is 11.8 Å². The zero-order valence-corrected chi connectivity index (χ0v) is 8.74. The predicted octanol–water partition coefficient (Wildman–Crippen LogP) is 0.595. The molecule has 0 spiro atoms. The minimum atomic E-state index is 0.169. The SMILES string of the molecule is NCCNC(=O)CC1CCSCC1. The maximum absolute atomic E-state index is 11.3. The fourth-order valence-electron chi connectivity index (χ4n) is 1.50. The van der Waals surface area contributed by atoms with Gasteiger partial charge in [0.1, 0.15) is 0 Å². The number of carbonyl (C=O) groups excluding carboxylic acids is 1. The lowest BCUT2D eigenvalue weighted by Gasteiger charge is -2.20. The van der Waals surface area contributed by atoms with E-state index in [0.717, 1.165) is 0 Å². The van der Waals surface area contributed by atoms with Crippen molar-refractivity contribution in [1.82, 2.24) is 5.32 Å². The van der Waals surface area contributed by atoms with Gasteiger partial charge in [-0.05, 0) is 30.3 Å². The highest BCUT2D eigenvalue weighted by Gasteiger charge is 2.16. The molecule has 1 saturated heterocycles. The van der Waals surface area contributed by atoms with Crippen LogP contribution in [0.1, 0.15) is 19.3 Å². The molecule has 1 rings (SSSR count). The molecule has 13 heavy (non-hydrogen) atoms. The van der Waals surface area contributed by atoms with Gasteiger partial charge < -0.3 is 11.1 Å². The van der Waals surface area contributed by atoms with E-state index in [1.165, 1.54) is 24.3 Å². The number of nitrogens with one attached hydrogen (secondary N) is 1. The molecule has 0 aromatic carbocycles. The fourth-order valence-corrected chi connectivity index (χ4v) is 2.70. The van der Waals surface area contributed by atoms with E-state index < -0.39 is 0 Å². The van der Waals surface area contributed by atoms with E-state index in [4.69, 9.17) is 5.73 Å². The zero-order valence-electron chi connectivity index (χ0n) is 7.92. The molecule has 1 amide bonds. The second kappa shape index (κ2) is 6.27. The molecule has 1 aliphatic rings. The lowest BCUT2D eigenvalue weighted by atomic mass is 9.98. The van der Waals surface area contributed by atoms with Gasteiger partial charge in [0.05, 0.1) is 0 Å². The first-order valence-electron chi connectivity index (χ1n) is 4.87. The molecule has 0 bridgehead atoms. The van der Waals surface area contributed by atoms with Crippen LogP contribution in [0.4, 0.5) is 0 Å². The molecule has 4 heteroatoms. The molecular formula is C9H18N2OS. The molecule has 1 fully saturated rings. The van der Waals surface area contributed by atoms with Crippen LogP contribution in [0.2, 0.25) is 0 Å². The molecule has 0 radical (unpaired) electrons. The third kappa shape index (κ3) is 4.52. The number of rotatable bonds is 4. The van der Waals surface area contributed by atoms with Gasteiger partial charge in [0.15, 0.2) is 0 Å². The topological polar surface area (TPSA) is 55.1 Å². The van der Waals surface area contributed by atoms with E-state index >= 15 is 0 Å². The van der Waals surface area contributed by atoms with Gasteiger partial charge in [-0.25, -0.2) is 0 Å². The van der Waals surface area contributed by atoms with E-state index in [1.807, 2.05) is 11.8 Å². The molecule has 0 unspecified atom stereocenters. The molecule has 0 aromatic heterocycles. The standard InChI is InChI=1S/C9H18N2OS/c10-3-4-11-9(12)7-8-1-5-13-6-2-8/h8H,1-7,10H2,(H,11,12). The first kappa shape index (κ1) is 10.9. The third-order valence-corrected chi connectivity index (χ3v) is 3.33. The highest BCUT2D eigenvalue weighted by molar-refractivity contribution is 7.99. The average molecular weight is 202 g/mol. The van der Waals surface area contributed by atoms with Gasteiger partial charge in [-0.2, -0.15) is 11.8 Å². The molecule has 0 aromatic rings. The zero-order chi connectivity index (χ0) is 9.52. The molecule has 0 aliphatic carbocycles. The minimum Gasteiger partial charge on any atom is -0.355 e. The number of nitrogens with two attached hydrogens (primary N) is 1. The largest absolute Gasteiger partial charge is 0.355 e. The van der Waals surface area contributed by atoms with Crippen molar-refractivity contribution in [3.8, 4) is 0 Å². The van der Waals surface area contributed by atoms with E-state index in [-0.39, 0.29) is 5.91 Å². The third-order valence-electron chi connectivity index (χ3n) is 2.28. The highest BCUT2D eigenvalue weighted by Crippen LogP contribution is 2.24. The summed E-state index contributed by atoms with van der Waals surface area (Å²) in [6.07, 6.45) is 3.09. The van der Waals surface area contributed by atoms with Crippen molar-refractivity contribution in [3.63, 3.8) is 0 Å². The Labute approximate surface area is 83.8 Å². The van der Waals surface area contributed by atoms with Crippen LogP contribution in [-0.4, -0.2) is 30.5 Å². The van der Waals surface area contributed by atoms with Gasteiger partial charge in [-0.15, -0.1) is 0 Å². The van der Waals surface area contributed by atoms with Crippen molar-refractivity contribution >= 4 is 17.7 Å². The molecule has 1 heterocycles. The molecule has 3 N–H and O–H groups in total. The molecule has 3 nitrogen and oxygen atoms in total. The summed E-state index contributed by atoms with van der Waals surface area (Å²) in [6.45, 7) is 1.15. The van der Waals surface area contributed by atoms with E-state index in [1.54, 1.807) is 0 Å². The Bertz CT molecular complexity index is 158. The summed E-state index contributed by atoms with van der Waals surface area (Å²) < 4.78 is 0. The van der Waals surface area contributed by atoms with Crippen LogP contribution in [0.5, 0.6) is 0 Å². The minimum absolute atomic E-state index is 0.169. The van der Waals surface area contributed by atoms with Gasteiger partial charge in [-0.1, -0.05) is 0 Å². The number of thioether (sulfide) groups is 1. The summed E-state index contributed by atoms with van der Waals surface area (Å²) in [5.74, 6) is 3.21. The Kier molecular flexibility index (Phi) is 5.23. The van der Waals surface area contributed by atoms with Crippen molar-refractivity contribution in [2.45, 2.75) is 19.3 Å². The Morgan fingerprint density at radius 1 is 1.46 bits per heavy atom.